The Hall–Kier alpha value is 0.270. The van der Waals surface area contributed by atoms with Crippen LogP contribution in [-0.2, 0) is 0 Å². The van der Waals surface area contributed by atoms with Gasteiger partial charge in [-0.15, -0.1) is 0 Å². The summed E-state index contributed by atoms with van der Waals surface area (Å²) in [6, 6.07) is 0. The molecule has 2 fully saturated rings. The molecule has 0 saturated carbocycles. The number of hydrogen-bond acceptors (Lipinski definition) is 3. The van der Waals surface area contributed by atoms with Crippen LogP contribution < -0.4 is 5.32 Å². The van der Waals surface area contributed by atoms with Gasteiger partial charge in [-0.05, 0) is 70.1 Å². The molecule has 0 aromatic heterocycles. The Morgan fingerprint density at radius 1 is 1.15 bits per heavy atom. The van der Waals surface area contributed by atoms with E-state index in [2.05, 4.69) is 42.7 Å². The van der Waals surface area contributed by atoms with Gasteiger partial charge in [0.05, 0.1) is 0 Å². The van der Waals surface area contributed by atoms with E-state index < -0.39 is 0 Å². The zero-order valence-corrected chi connectivity index (χ0v) is 14.6. The highest BCUT2D eigenvalue weighted by atomic mass is 32.2. The van der Waals surface area contributed by atoms with Crippen molar-refractivity contribution in [3.63, 3.8) is 0 Å². The first kappa shape index (κ1) is 16.6. The molecule has 2 aliphatic rings. The summed E-state index contributed by atoms with van der Waals surface area (Å²) in [6.07, 6.45) is 7.02. The lowest BCUT2D eigenvalue weighted by Crippen LogP contribution is -2.29. The molecule has 0 spiro atoms. The van der Waals surface area contributed by atoms with Crippen molar-refractivity contribution >= 4 is 11.8 Å². The molecule has 118 valence electrons. The van der Waals surface area contributed by atoms with Crippen molar-refractivity contribution in [2.24, 2.45) is 11.8 Å². The van der Waals surface area contributed by atoms with Gasteiger partial charge in [-0.1, -0.05) is 20.8 Å². The highest BCUT2D eigenvalue weighted by molar-refractivity contribution is 8.00. The van der Waals surface area contributed by atoms with E-state index in [1.807, 2.05) is 0 Å². The van der Waals surface area contributed by atoms with E-state index in [0.29, 0.717) is 0 Å². The minimum Gasteiger partial charge on any atom is -0.317 e. The second-order valence-electron chi connectivity index (χ2n) is 7.27. The van der Waals surface area contributed by atoms with Gasteiger partial charge in [-0.25, -0.2) is 0 Å². The molecule has 0 radical (unpaired) electrons. The van der Waals surface area contributed by atoms with Crippen LogP contribution in [0.15, 0.2) is 0 Å². The molecular weight excluding hydrogens is 264 g/mol. The predicted octanol–water partition coefficient (Wildman–Crippen LogP) is 3.62. The summed E-state index contributed by atoms with van der Waals surface area (Å²) in [6.45, 7) is 13.6. The van der Waals surface area contributed by atoms with E-state index in [4.69, 9.17) is 0 Å². The highest BCUT2D eigenvalue weighted by Crippen LogP contribution is 2.31. The largest absolute Gasteiger partial charge is 0.317 e. The second-order valence-corrected chi connectivity index (χ2v) is 9.01. The van der Waals surface area contributed by atoms with Gasteiger partial charge in [0.2, 0.25) is 0 Å². The van der Waals surface area contributed by atoms with Crippen molar-refractivity contribution in [1.82, 2.24) is 10.2 Å². The number of piperidine rings is 1. The number of likely N-dealkylation sites (tertiary alicyclic amines) is 1. The van der Waals surface area contributed by atoms with Crippen LogP contribution in [-0.4, -0.2) is 48.1 Å². The minimum atomic E-state index is 0.848. The van der Waals surface area contributed by atoms with Gasteiger partial charge >= 0.3 is 0 Å². The number of nitrogens with one attached hydrogen (secondary N) is 1. The minimum absolute atomic E-state index is 0.848. The molecule has 20 heavy (non-hydrogen) atoms. The Balaban J connectivity index is 1.61. The van der Waals surface area contributed by atoms with E-state index in [-0.39, 0.29) is 0 Å². The van der Waals surface area contributed by atoms with Crippen molar-refractivity contribution in [2.75, 3.05) is 32.7 Å². The first-order valence-electron chi connectivity index (χ1n) is 8.72. The lowest BCUT2D eigenvalue weighted by Gasteiger charge is -2.26. The molecule has 0 aromatic carbocycles. The first-order valence-corrected chi connectivity index (χ1v) is 9.66. The molecule has 2 nitrogen and oxygen atoms in total. The SMILES string of the molecule is CC(C)CCN1CCC(SC(C)CC2CCNCC2)C1. The molecular formula is C17H34N2S. The molecule has 3 heteroatoms. The summed E-state index contributed by atoms with van der Waals surface area (Å²) < 4.78 is 0. The molecule has 0 aliphatic carbocycles. The summed E-state index contributed by atoms with van der Waals surface area (Å²) in [5.74, 6) is 1.83. The van der Waals surface area contributed by atoms with E-state index >= 15 is 0 Å². The summed E-state index contributed by atoms with van der Waals surface area (Å²) >= 11 is 2.28. The third kappa shape index (κ3) is 5.95. The van der Waals surface area contributed by atoms with Crippen molar-refractivity contribution in [1.29, 1.82) is 0 Å². The van der Waals surface area contributed by atoms with Crippen molar-refractivity contribution in [3.8, 4) is 0 Å². The summed E-state index contributed by atoms with van der Waals surface area (Å²) in [5, 5.41) is 5.23. The summed E-state index contributed by atoms with van der Waals surface area (Å²) in [4.78, 5) is 2.69. The molecule has 2 rings (SSSR count). The number of thioether (sulfide) groups is 1. The Morgan fingerprint density at radius 2 is 1.90 bits per heavy atom. The predicted molar refractivity (Wildman–Crippen MR) is 91.6 cm³/mol. The summed E-state index contributed by atoms with van der Waals surface area (Å²) in [5.41, 5.74) is 0. The lowest BCUT2D eigenvalue weighted by atomic mass is 9.93. The van der Waals surface area contributed by atoms with Crippen LogP contribution in [0.3, 0.4) is 0 Å². The van der Waals surface area contributed by atoms with Gasteiger partial charge in [-0.2, -0.15) is 11.8 Å². The van der Waals surface area contributed by atoms with Gasteiger partial charge in [-0.3, -0.25) is 0 Å². The lowest BCUT2D eigenvalue weighted by molar-refractivity contribution is 0.314. The van der Waals surface area contributed by atoms with Crippen LogP contribution in [0.1, 0.15) is 52.9 Å². The Morgan fingerprint density at radius 3 is 2.60 bits per heavy atom. The fraction of sp³-hybridized carbons (Fsp3) is 1.00. The Kier molecular flexibility index (Phi) is 7.20. The number of rotatable bonds is 7. The third-order valence-electron chi connectivity index (χ3n) is 4.80. The topological polar surface area (TPSA) is 15.3 Å². The van der Waals surface area contributed by atoms with Gasteiger partial charge < -0.3 is 10.2 Å². The van der Waals surface area contributed by atoms with E-state index in [1.165, 1.54) is 64.8 Å². The van der Waals surface area contributed by atoms with Gasteiger partial charge in [0.15, 0.2) is 0 Å². The maximum absolute atomic E-state index is 3.48. The molecule has 0 bridgehead atoms. The average Bonchev–Trinajstić information content (AvgIpc) is 2.85. The molecule has 0 aromatic rings. The van der Waals surface area contributed by atoms with Crippen molar-refractivity contribution < 1.29 is 0 Å². The molecule has 2 atom stereocenters. The molecule has 2 heterocycles. The highest BCUT2D eigenvalue weighted by Gasteiger charge is 2.25. The normalized spacial score (nSPS) is 27.3. The van der Waals surface area contributed by atoms with Crippen LogP contribution in [0, 0.1) is 11.8 Å². The maximum Gasteiger partial charge on any atom is 0.0189 e. The average molecular weight is 299 g/mol. The fourth-order valence-electron chi connectivity index (χ4n) is 3.52. The molecule has 2 unspecified atom stereocenters. The van der Waals surface area contributed by atoms with E-state index in [0.717, 1.165) is 22.3 Å². The monoisotopic (exact) mass is 298 g/mol. The van der Waals surface area contributed by atoms with Crippen molar-refractivity contribution in [3.05, 3.63) is 0 Å². The maximum atomic E-state index is 3.48. The third-order valence-corrected chi connectivity index (χ3v) is 6.23. The van der Waals surface area contributed by atoms with Crippen molar-refractivity contribution in [2.45, 2.75) is 63.4 Å². The van der Waals surface area contributed by atoms with Gasteiger partial charge in [0.25, 0.3) is 0 Å². The number of hydrogen-bond donors (Lipinski definition) is 1. The van der Waals surface area contributed by atoms with E-state index in [1.54, 1.807) is 0 Å². The molecule has 0 amide bonds. The van der Waals surface area contributed by atoms with Crippen LogP contribution in [0.25, 0.3) is 0 Å². The van der Waals surface area contributed by atoms with Crippen LogP contribution in [0.2, 0.25) is 0 Å². The Labute approximate surface area is 130 Å². The zero-order valence-electron chi connectivity index (χ0n) is 13.7. The van der Waals surface area contributed by atoms with Crippen LogP contribution in [0.4, 0.5) is 0 Å². The smallest absolute Gasteiger partial charge is 0.0189 e. The first-order chi connectivity index (χ1) is 9.63. The second kappa shape index (κ2) is 8.65. The number of nitrogens with zero attached hydrogens (tertiary/aromatic N) is 1. The van der Waals surface area contributed by atoms with E-state index in [9.17, 15) is 0 Å². The molecule has 1 N–H and O–H groups in total. The fourth-order valence-corrected chi connectivity index (χ4v) is 5.10. The molecule has 2 aliphatic heterocycles. The zero-order chi connectivity index (χ0) is 14.4. The molecule has 2 saturated heterocycles. The summed E-state index contributed by atoms with van der Waals surface area (Å²) in [7, 11) is 0. The quantitative estimate of drug-likeness (QED) is 0.773. The Bertz CT molecular complexity index is 264. The van der Waals surface area contributed by atoms with Crippen LogP contribution in [0.5, 0.6) is 0 Å². The van der Waals surface area contributed by atoms with Gasteiger partial charge in [0, 0.05) is 17.0 Å². The standard InChI is InChI=1S/C17H34N2S/c1-14(2)6-10-19-11-7-17(13-19)20-15(3)12-16-4-8-18-9-5-16/h14-18H,4-13H2,1-3H3. The van der Waals surface area contributed by atoms with Gasteiger partial charge in [0.1, 0.15) is 0 Å². The van der Waals surface area contributed by atoms with Crippen LogP contribution >= 0.6 is 11.8 Å².